The van der Waals surface area contributed by atoms with Crippen LogP contribution in [0.2, 0.25) is 0 Å². The van der Waals surface area contributed by atoms with Crippen LogP contribution in [0.1, 0.15) is 27.0 Å². The van der Waals surface area contributed by atoms with Crippen LogP contribution in [0.5, 0.6) is 11.5 Å². The minimum absolute atomic E-state index is 0.0843. The molecular formula is C17H17NO3. The molecule has 4 nitrogen and oxygen atoms in total. The van der Waals surface area contributed by atoms with Gasteiger partial charge in [0.25, 0.3) is 0 Å². The van der Waals surface area contributed by atoms with Crippen LogP contribution in [0.4, 0.5) is 0 Å². The third-order valence-electron chi connectivity index (χ3n) is 3.75. The molecule has 0 radical (unpaired) electrons. The maximum Gasteiger partial charge on any atom is 0.200 e. The number of hydrogen-bond donors (Lipinski definition) is 1. The van der Waals surface area contributed by atoms with Crippen molar-refractivity contribution in [1.29, 1.82) is 0 Å². The van der Waals surface area contributed by atoms with Crippen molar-refractivity contribution in [3.63, 3.8) is 0 Å². The summed E-state index contributed by atoms with van der Waals surface area (Å²) in [5.74, 6) is 0.968. The number of carbonyl (C=O) groups is 1. The number of rotatable bonds is 4. The average molecular weight is 283 g/mol. The van der Waals surface area contributed by atoms with Crippen molar-refractivity contribution in [2.45, 2.75) is 13.1 Å². The van der Waals surface area contributed by atoms with E-state index in [1.54, 1.807) is 32.4 Å². The number of fused-ring (bicyclic) bond motifs is 1. The first-order valence-electron chi connectivity index (χ1n) is 6.83. The lowest BCUT2D eigenvalue weighted by atomic mass is 9.98. The van der Waals surface area contributed by atoms with Gasteiger partial charge >= 0.3 is 0 Å². The van der Waals surface area contributed by atoms with Crippen LogP contribution in [0.25, 0.3) is 0 Å². The van der Waals surface area contributed by atoms with E-state index in [0.717, 1.165) is 13.1 Å². The number of ether oxygens (including phenoxy) is 2. The van der Waals surface area contributed by atoms with Gasteiger partial charge in [0.05, 0.1) is 14.2 Å². The van der Waals surface area contributed by atoms with Crippen molar-refractivity contribution in [3.8, 4) is 11.5 Å². The monoisotopic (exact) mass is 283 g/mol. The molecule has 2 aromatic carbocycles. The predicted molar refractivity (Wildman–Crippen MR) is 80.0 cm³/mol. The van der Waals surface area contributed by atoms with Gasteiger partial charge in [-0.25, -0.2) is 0 Å². The second kappa shape index (κ2) is 5.58. The minimum Gasteiger partial charge on any atom is -0.496 e. The van der Waals surface area contributed by atoms with Gasteiger partial charge in [0.1, 0.15) is 17.1 Å². The fourth-order valence-corrected chi connectivity index (χ4v) is 2.66. The molecule has 3 rings (SSSR count). The van der Waals surface area contributed by atoms with Gasteiger partial charge in [-0.05, 0) is 29.3 Å². The molecule has 1 aliphatic heterocycles. The Bertz CT molecular complexity index is 672. The summed E-state index contributed by atoms with van der Waals surface area (Å²) in [7, 11) is 3.11. The lowest BCUT2D eigenvalue weighted by molar-refractivity contribution is 0.103. The Labute approximate surface area is 123 Å². The van der Waals surface area contributed by atoms with E-state index in [0.29, 0.717) is 22.6 Å². The summed E-state index contributed by atoms with van der Waals surface area (Å²) < 4.78 is 10.6. The molecule has 1 heterocycles. The van der Waals surface area contributed by atoms with Crippen molar-refractivity contribution in [3.05, 3.63) is 58.7 Å². The highest BCUT2D eigenvalue weighted by molar-refractivity contribution is 6.12. The highest BCUT2D eigenvalue weighted by Gasteiger charge is 2.21. The van der Waals surface area contributed by atoms with Crippen LogP contribution >= 0.6 is 0 Å². The Balaban J connectivity index is 2.06. The van der Waals surface area contributed by atoms with E-state index in [2.05, 4.69) is 5.32 Å². The smallest absolute Gasteiger partial charge is 0.200 e. The Morgan fingerprint density at radius 2 is 1.67 bits per heavy atom. The molecule has 0 fully saturated rings. The van der Waals surface area contributed by atoms with Crippen molar-refractivity contribution in [2.24, 2.45) is 0 Å². The maximum atomic E-state index is 12.8. The van der Waals surface area contributed by atoms with Gasteiger partial charge in [0, 0.05) is 18.7 Å². The number of methoxy groups -OCH3 is 2. The van der Waals surface area contributed by atoms with E-state index < -0.39 is 0 Å². The van der Waals surface area contributed by atoms with Crippen molar-refractivity contribution < 1.29 is 14.3 Å². The van der Waals surface area contributed by atoms with Crippen LogP contribution in [0.3, 0.4) is 0 Å². The van der Waals surface area contributed by atoms with Crippen LogP contribution < -0.4 is 14.8 Å². The second-order valence-corrected chi connectivity index (χ2v) is 4.95. The van der Waals surface area contributed by atoms with E-state index >= 15 is 0 Å². The largest absolute Gasteiger partial charge is 0.496 e. The zero-order valence-corrected chi connectivity index (χ0v) is 12.1. The molecule has 0 spiro atoms. The summed E-state index contributed by atoms with van der Waals surface area (Å²) in [5.41, 5.74) is 3.54. The summed E-state index contributed by atoms with van der Waals surface area (Å²) in [6.45, 7) is 1.67. The molecule has 0 atom stereocenters. The minimum atomic E-state index is -0.0843. The molecule has 0 aromatic heterocycles. The number of hydrogen-bond acceptors (Lipinski definition) is 4. The van der Waals surface area contributed by atoms with E-state index in [-0.39, 0.29) is 5.78 Å². The van der Waals surface area contributed by atoms with Crippen LogP contribution in [-0.4, -0.2) is 20.0 Å². The summed E-state index contributed by atoms with van der Waals surface area (Å²) in [4.78, 5) is 12.8. The molecule has 0 amide bonds. The Kier molecular flexibility index (Phi) is 3.62. The summed E-state index contributed by atoms with van der Waals surface area (Å²) >= 11 is 0. The standard InChI is InChI=1S/C17H17NO3/c1-20-14-4-3-5-15(21-2)16(14)17(19)11-6-7-12-9-18-10-13(12)8-11/h3-8,18H,9-10H2,1-2H3. The molecule has 0 saturated carbocycles. The molecule has 1 N–H and O–H groups in total. The van der Waals surface area contributed by atoms with Crippen LogP contribution in [-0.2, 0) is 13.1 Å². The molecule has 108 valence electrons. The first kappa shape index (κ1) is 13.6. The quantitative estimate of drug-likeness (QED) is 0.876. The van der Waals surface area contributed by atoms with Gasteiger partial charge in [-0.3, -0.25) is 4.79 Å². The van der Waals surface area contributed by atoms with Gasteiger partial charge in [0.2, 0.25) is 5.78 Å². The summed E-state index contributed by atoms with van der Waals surface area (Å²) in [6.07, 6.45) is 0. The molecular weight excluding hydrogens is 266 g/mol. The fourth-order valence-electron chi connectivity index (χ4n) is 2.66. The zero-order chi connectivity index (χ0) is 14.8. The zero-order valence-electron chi connectivity index (χ0n) is 12.1. The van der Waals surface area contributed by atoms with Crippen molar-refractivity contribution in [1.82, 2.24) is 5.32 Å². The topological polar surface area (TPSA) is 47.6 Å². The maximum absolute atomic E-state index is 12.8. The van der Waals surface area contributed by atoms with E-state index in [9.17, 15) is 4.79 Å². The van der Waals surface area contributed by atoms with E-state index in [1.165, 1.54) is 11.1 Å². The fraction of sp³-hybridized carbons (Fsp3) is 0.235. The van der Waals surface area contributed by atoms with Crippen molar-refractivity contribution >= 4 is 5.78 Å². The molecule has 0 bridgehead atoms. The molecule has 1 aliphatic rings. The predicted octanol–water partition coefficient (Wildman–Crippen LogP) is 2.54. The van der Waals surface area contributed by atoms with Gasteiger partial charge in [-0.1, -0.05) is 18.2 Å². The molecule has 0 unspecified atom stereocenters. The second-order valence-electron chi connectivity index (χ2n) is 4.95. The number of ketones is 1. The van der Waals surface area contributed by atoms with Gasteiger partial charge < -0.3 is 14.8 Å². The molecule has 4 heteroatoms. The van der Waals surface area contributed by atoms with Crippen LogP contribution in [0.15, 0.2) is 36.4 Å². The Morgan fingerprint density at radius 1 is 1.00 bits per heavy atom. The van der Waals surface area contributed by atoms with Gasteiger partial charge in [0.15, 0.2) is 0 Å². The number of nitrogens with one attached hydrogen (secondary N) is 1. The van der Waals surface area contributed by atoms with E-state index in [1.807, 2.05) is 18.2 Å². The third-order valence-corrected chi connectivity index (χ3v) is 3.75. The van der Waals surface area contributed by atoms with Crippen molar-refractivity contribution in [2.75, 3.05) is 14.2 Å². The van der Waals surface area contributed by atoms with E-state index in [4.69, 9.17) is 9.47 Å². The summed E-state index contributed by atoms with van der Waals surface area (Å²) in [5, 5.41) is 3.28. The Hall–Kier alpha value is -2.33. The summed E-state index contributed by atoms with van der Waals surface area (Å²) in [6, 6.07) is 11.2. The molecule has 2 aromatic rings. The highest BCUT2D eigenvalue weighted by atomic mass is 16.5. The number of benzene rings is 2. The molecule has 0 saturated heterocycles. The highest BCUT2D eigenvalue weighted by Crippen LogP contribution is 2.31. The SMILES string of the molecule is COc1cccc(OC)c1C(=O)c1ccc2c(c1)CNC2. The lowest BCUT2D eigenvalue weighted by Gasteiger charge is -2.12. The molecule has 21 heavy (non-hydrogen) atoms. The van der Waals surface area contributed by atoms with Gasteiger partial charge in [-0.2, -0.15) is 0 Å². The third kappa shape index (κ3) is 2.38. The molecule has 0 aliphatic carbocycles. The number of carbonyl (C=O) groups excluding carboxylic acids is 1. The Morgan fingerprint density at radius 3 is 2.33 bits per heavy atom. The first-order valence-corrected chi connectivity index (χ1v) is 6.83. The normalized spacial score (nSPS) is 12.9. The first-order chi connectivity index (χ1) is 10.2. The average Bonchev–Trinajstić information content (AvgIpc) is 3.00. The van der Waals surface area contributed by atoms with Crippen LogP contribution in [0, 0.1) is 0 Å². The van der Waals surface area contributed by atoms with Gasteiger partial charge in [-0.15, -0.1) is 0 Å². The lowest BCUT2D eigenvalue weighted by Crippen LogP contribution is -2.07.